The van der Waals surface area contributed by atoms with Crippen molar-refractivity contribution in [1.82, 2.24) is 5.01 Å². The molecule has 0 aliphatic carbocycles. The smallest absolute Gasteiger partial charge is 0.339 e. The van der Waals surface area contributed by atoms with Gasteiger partial charge in [-0.25, -0.2) is 0 Å². The Morgan fingerprint density at radius 2 is 1.93 bits per heavy atom. The second-order valence-corrected chi connectivity index (χ2v) is 9.06. The summed E-state index contributed by atoms with van der Waals surface area (Å²) in [6.07, 6.45) is 1.44. The molecule has 30 heavy (non-hydrogen) atoms. The number of aryl methyl sites for hydroxylation is 1. The van der Waals surface area contributed by atoms with Crippen molar-refractivity contribution in [2.24, 2.45) is 10.1 Å². The summed E-state index contributed by atoms with van der Waals surface area (Å²) in [5, 5.41) is 13.8. The number of amides is 1. The molecule has 2 heterocycles. The number of amidine groups is 2. The lowest BCUT2D eigenvalue weighted by atomic mass is 10.1. The van der Waals surface area contributed by atoms with Crippen molar-refractivity contribution < 1.29 is 17.4 Å². The van der Waals surface area contributed by atoms with Gasteiger partial charge in [0, 0.05) is 0 Å². The highest BCUT2D eigenvalue weighted by atomic mass is 35.5. The first-order chi connectivity index (χ1) is 14.2. The van der Waals surface area contributed by atoms with Crippen molar-refractivity contribution >= 4 is 62.0 Å². The summed E-state index contributed by atoms with van der Waals surface area (Å²) in [7, 11) is -4.05. The van der Waals surface area contributed by atoms with Crippen molar-refractivity contribution in [3.05, 3.63) is 64.2 Å². The quantitative estimate of drug-likeness (QED) is 0.550. The van der Waals surface area contributed by atoms with Crippen molar-refractivity contribution in [2.45, 2.75) is 11.8 Å². The average Bonchev–Trinajstić information content (AvgIpc) is 3.16. The van der Waals surface area contributed by atoms with Gasteiger partial charge in [0.25, 0.3) is 5.91 Å². The monoisotopic (exact) mass is 460 g/mol. The zero-order chi connectivity index (χ0) is 21.5. The molecule has 0 saturated heterocycles. The molecule has 11 heteroatoms. The Balaban J connectivity index is 1.60. The van der Waals surface area contributed by atoms with Gasteiger partial charge in [-0.2, -0.15) is 23.5 Å². The van der Waals surface area contributed by atoms with Gasteiger partial charge >= 0.3 is 10.1 Å². The number of fused-ring (bicyclic) bond motifs is 1. The first-order valence-corrected chi connectivity index (χ1v) is 11.1. The number of nitrogens with one attached hydrogen (secondary N) is 1. The van der Waals surface area contributed by atoms with E-state index < -0.39 is 16.0 Å². The molecule has 0 radical (unpaired) electrons. The van der Waals surface area contributed by atoms with E-state index in [1.165, 1.54) is 47.0 Å². The third-order valence-corrected chi connectivity index (χ3v) is 6.39. The van der Waals surface area contributed by atoms with E-state index in [-0.39, 0.29) is 27.1 Å². The summed E-state index contributed by atoms with van der Waals surface area (Å²) in [5.74, 6) is -0.724. The van der Waals surface area contributed by atoms with E-state index in [0.29, 0.717) is 10.7 Å². The molecule has 0 atom stereocenters. The molecule has 2 aromatic carbocycles. The maximum atomic E-state index is 12.5. The molecule has 2 aromatic rings. The van der Waals surface area contributed by atoms with Crippen molar-refractivity contribution in [3.8, 4) is 5.75 Å². The summed E-state index contributed by atoms with van der Waals surface area (Å²) < 4.78 is 30.1. The Morgan fingerprint density at radius 3 is 2.63 bits per heavy atom. The van der Waals surface area contributed by atoms with Crippen LogP contribution in [0.25, 0.3) is 6.08 Å². The highest BCUT2D eigenvalue weighted by molar-refractivity contribution is 8.25. The fourth-order valence-electron chi connectivity index (χ4n) is 2.65. The van der Waals surface area contributed by atoms with E-state index in [9.17, 15) is 13.2 Å². The molecule has 1 N–H and O–H groups in total. The van der Waals surface area contributed by atoms with Gasteiger partial charge in [-0.15, -0.1) is 0 Å². The van der Waals surface area contributed by atoms with Crippen LogP contribution in [0.4, 0.5) is 0 Å². The SMILES string of the molecule is Cc1ccc(S(=O)(=O)Oc2ccc(/C=C3/C(=N)N4N=CSC4=NC3=O)cc2Cl)cc1. The minimum absolute atomic E-state index is 0.00862. The standard InChI is InChI=1S/C19H13ClN4O4S2/c1-11-2-5-13(6-3-11)30(26,27)28-16-7-4-12(9-15(16)20)8-14-17(21)24-19(23-18(14)25)29-10-22-24/h2-10,21H,1H3/b14-8-,21-17?. The van der Waals surface area contributed by atoms with Crippen LogP contribution >= 0.6 is 23.4 Å². The summed E-state index contributed by atoms with van der Waals surface area (Å²) in [4.78, 5) is 16.1. The zero-order valence-corrected chi connectivity index (χ0v) is 17.8. The van der Waals surface area contributed by atoms with E-state index in [4.69, 9.17) is 21.2 Å². The summed E-state index contributed by atoms with van der Waals surface area (Å²) in [6, 6.07) is 10.6. The summed E-state index contributed by atoms with van der Waals surface area (Å²) >= 11 is 7.36. The minimum atomic E-state index is -4.05. The van der Waals surface area contributed by atoms with Gasteiger partial charge in [0.2, 0.25) is 0 Å². The summed E-state index contributed by atoms with van der Waals surface area (Å²) in [5.41, 5.74) is 2.92. The normalized spacial score (nSPS) is 17.3. The second kappa shape index (κ2) is 7.71. The van der Waals surface area contributed by atoms with Gasteiger partial charge in [-0.3, -0.25) is 10.2 Å². The van der Waals surface area contributed by atoms with E-state index in [0.717, 1.165) is 17.3 Å². The number of hydrogen-bond acceptors (Lipinski definition) is 7. The van der Waals surface area contributed by atoms with Crippen molar-refractivity contribution in [1.29, 1.82) is 5.41 Å². The van der Waals surface area contributed by atoms with Crippen molar-refractivity contribution in [2.75, 3.05) is 0 Å². The Hall–Kier alpha value is -2.95. The number of thioether (sulfide) groups is 1. The molecule has 0 fully saturated rings. The van der Waals surface area contributed by atoms with Crippen LogP contribution in [0.1, 0.15) is 11.1 Å². The molecule has 0 saturated carbocycles. The van der Waals surface area contributed by atoms with Gasteiger partial charge in [-0.05, 0) is 54.6 Å². The average molecular weight is 461 g/mol. The molecule has 0 spiro atoms. The molecule has 2 aliphatic rings. The van der Waals surface area contributed by atoms with Crippen LogP contribution < -0.4 is 4.18 Å². The van der Waals surface area contributed by atoms with E-state index in [2.05, 4.69) is 10.1 Å². The van der Waals surface area contributed by atoms with E-state index in [1.807, 2.05) is 6.92 Å². The topological polar surface area (TPSA) is 112 Å². The van der Waals surface area contributed by atoms with E-state index >= 15 is 0 Å². The van der Waals surface area contributed by atoms with Crippen LogP contribution in [0.5, 0.6) is 5.75 Å². The maximum Gasteiger partial charge on any atom is 0.339 e. The van der Waals surface area contributed by atoms with Crippen LogP contribution in [0.2, 0.25) is 5.02 Å². The predicted octanol–water partition coefficient (Wildman–Crippen LogP) is 3.67. The van der Waals surface area contributed by atoms with Gasteiger partial charge in [0.05, 0.1) is 16.1 Å². The molecular weight excluding hydrogens is 448 g/mol. The molecule has 0 aromatic heterocycles. The molecule has 0 unspecified atom stereocenters. The second-order valence-electron chi connectivity index (χ2n) is 6.30. The molecule has 0 bridgehead atoms. The fourth-order valence-corrected chi connectivity index (χ4v) is 4.48. The Kier molecular flexibility index (Phi) is 5.22. The number of benzene rings is 2. The lowest BCUT2D eigenvalue weighted by Gasteiger charge is -2.20. The lowest BCUT2D eigenvalue weighted by Crippen LogP contribution is -2.35. The molecular formula is C19H13ClN4O4S2. The molecule has 2 aliphatic heterocycles. The summed E-state index contributed by atoms with van der Waals surface area (Å²) in [6.45, 7) is 1.85. The molecule has 1 amide bonds. The maximum absolute atomic E-state index is 12.5. The predicted molar refractivity (Wildman–Crippen MR) is 117 cm³/mol. The van der Waals surface area contributed by atoms with Crippen LogP contribution in [-0.2, 0) is 14.9 Å². The molecule has 4 rings (SSSR count). The number of aliphatic imine (C=N–C) groups is 1. The number of rotatable bonds is 4. The van der Waals surface area contributed by atoms with Gasteiger partial charge in [0.15, 0.2) is 16.8 Å². The largest absolute Gasteiger partial charge is 0.377 e. The fraction of sp³-hybridized carbons (Fsp3) is 0.0526. The number of halogens is 1. The van der Waals surface area contributed by atoms with Crippen LogP contribution in [0.15, 0.2) is 63.0 Å². The minimum Gasteiger partial charge on any atom is -0.377 e. The van der Waals surface area contributed by atoms with Gasteiger partial charge in [-0.1, -0.05) is 35.4 Å². The third-order valence-electron chi connectivity index (χ3n) is 4.17. The lowest BCUT2D eigenvalue weighted by molar-refractivity contribution is -0.114. The van der Waals surface area contributed by atoms with Gasteiger partial charge in [0.1, 0.15) is 4.90 Å². The molecule has 152 valence electrons. The highest BCUT2D eigenvalue weighted by Gasteiger charge is 2.32. The first kappa shape index (κ1) is 20.3. The Bertz CT molecular complexity index is 1270. The number of hydrogen-bond donors (Lipinski definition) is 1. The first-order valence-electron chi connectivity index (χ1n) is 8.48. The number of nitrogens with zero attached hydrogens (tertiary/aromatic N) is 3. The zero-order valence-electron chi connectivity index (χ0n) is 15.4. The van der Waals surface area contributed by atoms with Crippen LogP contribution in [0, 0.1) is 12.3 Å². The van der Waals surface area contributed by atoms with Crippen LogP contribution in [0.3, 0.4) is 0 Å². The number of hydrazone groups is 1. The van der Waals surface area contributed by atoms with Crippen molar-refractivity contribution in [3.63, 3.8) is 0 Å². The number of carbonyl (C=O) groups is 1. The van der Waals surface area contributed by atoms with Crippen LogP contribution in [-0.4, -0.2) is 35.9 Å². The van der Waals surface area contributed by atoms with E-state index in [1.54, 1.807) is 12.1 Å². The Labute approximate surface area is 181 Å². The number of carbonyl (C=O) groups excluding carboxylic acids is 1. The third kappa shape index (κ3) is 3.89. The van der Waals surface area contributed by atoms with Gasteiger partial charge < -0.3 is 4.18 Å². The highest BCUT2D eigenvalue weighted by Crippen LogP contribution is 2.30. The molecule has 8 nitrogen and oxygen atoms in total. The Morgan fingerprint density at radius 1 is 1.20 bits per heavy atom.